The summed E-state index contributed by atoms with van der Waals surface area (Å²) in [5.41, 5.74) is 0.756. The van der Waals surface area contributed by atoms with Gasteiger partial charge in [0.25, 0.3) is 0 Å². The number of fused-ring (bicyclic) bond motifs is 1. The van der Waals surface area contributed by atoms with Gasteiger partial charge in [-0.2, -0.15) is 15.1 Å². The molecule has 7 nitrogen and oxygen atoms in total. The van der Waals surface area contributed by atoms with Crippen molar-refractivity contribution in [2.24, 2.45) is 0 Å². The molecule has 114 valence electrons. The number of anilines is 2. The molecule has 3 heterocycles. The highest BCUT2D eigenvalue weighted by Gasteiger charge is 2.21. The van der Waals surface area contributed by atoms with Crippen LogP contribution in [0.5, 0.6) is 0 Å². The molecule has 21 heavy (non-hydrogen) atoms. The molecule has 0 radical (unpaired) electrons. The molecule has 0 amide bonds. The van der Waals surface area contributed by atoms with Crippen molar-refractivity contribution < 1.29 is 4.74 Å². The monoisotopic (exact) mass is 290 g/mol. The highest BCUT2D eigenvalue weighted by atomic mass is 16.5. The molecule has 2 aromatic heterocycles. The molecule has 0 aliphatic carbocycles. The maximum absolute atomic E-state index is 5.59. The number of nitrogens with zero attached hydrogens (tertiary/aromatic N) is 3. The Labute approximate surface area is 123 Å². The number of hydrogen-bond donors (Lipinski definition) is 3. The van der Waals surface area contributed by atoms with Crippen LogP contribution in [0.3, 0.4) is 0 Å². The van der Waals surface area contributed by atoms with E-state index in [1.54, 1.807) is 6.20 Å². The number of rotatable bonds is 5. The molecule has 2 unspecified atom stereocenters. The average molecular weight is 290 g/mol. The van der Waals surface area contributed by atoms with Gasteiger partial charge in [0, 0.05) is 19.2 Å². The first-order chi connectivity index (χ1) is 10.3. The quantitative estimate of drug-likeness (QED) is 0.782. The Hall–Kier alpha value is -1.89. The van der Waals surface area contributed by atoms with E-state index in [0.717, 1.165) is 49.3 Å². The van der Waals surface area contributed by atoms with Gasteiger partial charge in [0.15, 0.2) is 5.65 Å². The van der Waals surface area contributed by atoms with Crippen molar-refractivity contribution in [3.05, 3.63) is 6.20 Å². The molecule has 2 atom stereocenters. The van der Waals surface area contributed by atoms with Crippen molar-refractivity contribution in [2.75, 3.05) is 23.8 Å². The summed E-state index contributed by atoms with van der Waals surface area (Å²) in [5.74, 6) is 1.47. The lowest BCUT2D eigenvalue weighted by Crippen LogP contribution is -2.32. The van der Waals surface area contributed by atoms with Crippen molar-refractivity contribution in [1.82, 2.24) is 20.2 Å². The average Bonchev–Trinajstić information content (AvgIpc) is 2.94. The van der Waals surface area contributed by atoms with Crippen LogP contribution < -0.4 is 10.6 Å². The van der Waals surface area contributed by atoms with E-state index in [0.29, 0.717) is 12.0 Å². The summed E-state index contributed by atoms with van der Waals surface area (Å²) in [6.45, 7) is 5.87. The van der Waals surface area contributed by atoms with Gasteiger partial charge in [-0.3, -0.25) is 5.10 Å². The van der Waals surface area contributed by atoms with E-state index in [2.05, 4.69) is 44.6 Å². The molecule has 7 heteroatoms. The molecule has 1 fully saturated rings. The fourth-order valence-corrected chi connectivity index (χ4v) is 2.58. The van der Waals surface area contributed by atoms with Gasteiger partial charge in [0.2, 0.25) is 5.95 Å². The molecule has 1 saturated heterocycles. The highest BCUT2D eigenvalue weighted by Crippen LogP contribution is 2.24. The van der Waals surface area contributed by atoms with Gasteiger partial charge in [-0.15, -0.1) is 0 Å². The largest absolute Gasteiger partial charge is 0.378 e. The van der Waals surface area contributed by atoms with E-state index in [4.69, 9.17) is 4.74 Å². The fourth-order valence-electron chi connectivity index (χ4n) is 2.58. The number of hydrogen-bond acceptors (Lipinski definition) is 6. The van der Waals surface area contributed by atoms with Crippen LogP contribution in [0.25, 0.3) is 11.0 Å². The van der Waals surface area contributed by atoms with Crippen LogP contribution in [-0.4, -0.2) is 45.5 Å². The van der Waals surface area contributed by atoms with Crippen molar-refractivity contribution in [3.8, 4) is 0 Å². The number of aromatic amines is 1. The zero-order valence-electron chi connectivity index (χ0n) is 12.5. The predicted octanol–water partition coefficient (Wildman–Crippen LogP) is 2.15. The normalized spacial score (nSPS) is 22.4. The van der Waals surface area contributed by atoms with Crippen LogP contribution in [0.15, 0.2) is 6.20 Å². The first-order valence-corrected chi connectivity index (χ1v) is 7.59. The molecule has 1 aliphatic rings. The number of ether oxygens (including phenoxy) is 1. The van der Waals surface area contributed by atoms with E-state index in [1.807, 2.05) is 0 Å². The van der Waals surface area contributed by atoms with Crippen LogP contribution in [0.2, 0.25) is 0 Å². The molecule has 2 aromatic rings. The van der Waals surface area contributed by atoms with E-state index in [9.17, 15) is 0 Å². The van der Waals surface area contributed by atoms with Gasteiger partial charge in [-0.25, -0.2) is 0 Å². The molecular weight excluding hydrogens is 268 g/mol. The number of H-pyrrole nitrogens is 1. The van der Waals surface area contributed by atoms with E-state index >= 15 is 0 Å². The molecule has 0 spiro atoms. The second kappa shape index (κ2) is 6.26. The summed E-state index contributed by atoms with van der Waals surface area (Å²) < 4.78 is 5.59. The fraction of sp³-hybridized carbons (Fsp3) is 0.643. The van der Waals surface area contributed by atoms with Gasteiger partial charge in [-0.05, 0) is 26.2 Å². The standard InChI is InChI=1S/C14H22N6O/c1-3-5-15-14-18-12(11-8-16-20-13(11)19-14)17-10-4-6-21-9(2)7-10/h8-10H,3-7H2,1-2H3,(H3,15,16,17,18,19,20). The zero-order chi connectivity index (χ0) is 14.7. The third-order valence-corrected chi connectivity index (χ3v) is 3.67. The van der Waals surface area contributed by atoms with E-state index in [1.165, 1.54) is 0 Å². The maximum Gasteiger partial charge on any atom is 0.226 e. The number of aromatic nitrogens is 4. The summed E-state index contributed by atoms with van der Waals surface area (Å²) >= 11 is 0. The van der Waals surface area contributed by atoms with Gasteiger partial charge < -0.3 is 15.4 Å². The topological polar surface area (TPSA) is 87.8 Å². The Morgan fingerprint density at radius 3 is 3.14 bits per heavy atom. The van der Waals surface area contributed by atoms with Crippen molar-refractivity contribution >= 4 is 22.8 Å². The van der Waals surface area contributed by atoms with Crippen LogP contribution >= 0.6 is 0 Å². The van der Waals surface area contributed by atoms with Gasteiger partial charge in [0.1, 0.15) is 5.82 Å². The molecule has 1 aliphatic heterocycles. The van der Waals surface area contributed by atoms with Crippen LogP contribution in [0.1, 0.15) is 33.1 Å². The number of nitrogens with one attached hydrogen (secondary N) is 3. The van der Waals surface area contributed by atoms with Gasteiger partial charge in [0.05, 0.1) is 17.7 Å². The second-order valence-corrected chi connectivity index (χ2v) is 5.50. The minimum Gasteiger partial charge on any atom is -0.378 e. The Morgan fingerprint density at radius 2 is 2.33 bits per heavy atom. The van der Waals surface area contributed by atoms with Crippen LogP contribution in [0.4, 0.5) is 11.8 Å². The van der Waals surface area contributed by atoms with Crippen molar-refractivity contribution in [1.29, 1.82) is 0 Å². The summed E-state index contributed by atoms with van der Waals surface area (Å²) in [7, 11) is 0. The highest BCUT2D eigenvalue weighted by molar-refractivity contribution is 5.87. The van der Waals surface area contributed by atoms with Gasteiger partial charge >= 0.3 is 0 Å². The minimum absolute atomic E-state index is 0.288. The Morgan fingerprint density at radius 1 is 1.43 bits per heavy atom. The maximum atomic E-state index is 5.59. The molecule has 3 N–H and O–H groups in total. The second-order valence-electron chi connectivity index (χ2n) is 5.50. The lowest BCUT2D eigenvalue weighted by Gasteiger charge is -2.28. The van der Waals surface area contributed by atoms with Crippen LogP contribution in [-0.2, 0) is 4.74 Å². The predicted molar refractivity (Wildman–Crippen MR) is 82.5 cm³/mol. The molecule has 0 aromatic carbocycles. The Bertz CT molecular complexity index is 598. The lowest BCUT2D eigenvalue weighted by atomic mass is 10.0. The first kappa shape index (κ1) is 14.1. The van der Waals surface area contributed by atoms with E-state index in [-0.39, 0.29) is 6.10 Å². The smallest absolute Gasteiger partial charge is 0.226 e. The van der Waals surface area contributed by atoms with Gasteiger partial charge in [-0.1, -0.05) is 6.92 Å². The zero-order valence-corrected chi connectivity index (χ0v) is 12.5. The van der Waals surface area contributed by atoms with Crippen molar-refractivity contribution in [2.45, 2.75) is 45.3 Å². The third kappa shape index (κ3) is 3.24. The minimum atomic E-state index is 0.288. The Kier molecular flexibility index (Phi) is 4.19. The summed E-state index contributed by atoms with van der Waals surface area (Å²) in [4.78, 5) is 9.03. The Balaban J connectivity index is 1.83. The first-order valence-electron chi connectivity index (χ1n) is 7.59. The molecular formula is C14H22N6O. The summed E-state index contributed by atoms with van der Waals surface area (Å²) in [5, 5.41) is 14.7. The molecule has 3 rings (SSSR count). The van der Waals surface area contributed by atoms with Crippen molar-refractivity contribution in [3.63, 3.8) is 0 Å². The molecule has 0 saturated carbocycles. The van der Waals surface area contributed by atoms with E-state index < -0.39 is 0 Å². The van der Waals surface area contributed by atoms with Crippen LogP contribution in [0, 0.1) is 0 Å². The third-order valence-electron chi connectivity index (χ3n) is 3.67. The summed E-state index contributed by atoms with van der Waals surface area (Å²) in [6, 6.07) is 0.376. The molecule has 0 bridgehead atoms. The lowest BCUT2D eigenvalue weighted by molar-refractivity contribution is 0.0232. The summed E-state index contributed by atoms with van der Waals surface area (Å²) in [6.07, 6.45) is 5.07. The SMILES string of the molecule is CCCNc1nc(NC2CCOC(C)C2)c2cn[nH]c2n1.